The van der Waals surface area contributed by atoms with E-state index in [0.29, 0.717) is 25.7 Å². The maximum absolute atomic E-state index is 10.1. The lowest BCUT2D eigenvalue weighted by Crippen LogP contribution is -2.42. The Bertz CT molecular complexity index is 130. The average molecular weight is 174 g/mol. The van der Waals surface area contributed by atoms with Crippen molar-refractivity contribution in [2.45, 2.75) is 51.7 Å². The van der Waals surface area contributed by atoms with Gasteiger partial charge in [-0.3, -0.25) is 4.79 Å². The Morgan fingerprint density at radius 1 is 1.42 bits per heavy atom. The van der Waals surface area contributed by atoms with Crippen LogP contribution in [-0.4, -0.2) is 23.3 Å². The molecule has 0 fully saturated rings. The predicted molar refractivity (Wildman–Crippen MR) is 46.8 cm³/mol. The number of rotatable bonds is 6. The minimum absolute atomic E-state index is 0.370. The van der Waals surface area contributed by atoms with Crippen LogP contribution in [0.3, 0.4) is 0 Å². The van der Waals surface area contributed by atoms with Crippen LogP contribution in [0.5, 0.6) is 0 Å². The third-order valence-corrected chi connectivity index (χ3v) is 2.41. The van der Waals surface area contributed by atoms with Gasteiger partial charge in [-0.2, -0.15) is 0 Å². The van der Waals surface area contributed by atoms with E-state index in [1.807, 2.05) is 20.8 Å². The second-order valence-corrected chi connectivity index (χ2v) is 2.94. The first-order chi connectivity index (χ1) is 5.64. The van der Waals surface area contributed by atoms with Crippen molar-refractivity contribution in [2.75, 3.05) is 0 Å². The van der Waals surface area contributed by atoms with E-state index in [1.54, 1.807) is 0 Å². The van der Waals surface area contributed by atoms with Crippen molar-refractivity contribution in [2.24, 2.45) is 0 Å². The molecule has 0 aromatic carbocycles. The molecule has 0 radical (unpaired) electrons. The Morgan fingerprint density at radius 3 is 2.17 bits per heavy atom. The molecule has 0 aromatic heterocycles. The standard InChI is InChI=1S/C9H18O3/c1-4-8(12-7-10)9(11,5-2)6-3/h7-8,11H,4-6H2,1-3H3. The Morgan fingerprint density at radius 2 is 1.92 bits per heavy atom. The lowest BCUT2D eigenvalue weighted by atomic mass is 9.89. The molecule has 12 heavy (non-hydrogen) atoms. The number of carbonyl (C=O) groups excluding carboxylic acids is 1. The lowest BCUT2D eigenvalue weighted by molar-refractivity contribution is -0.152. The van der Waals surface area contributed by atoms with Crippen LogP contribution in [0.25, 0.3) is 0 Å². The molecule has 0 aromatic rings. The van der Waals surface area contributed by atoms with E-state index in [1.165, 1.54) is 0 Å². The van der Waals surface area contributed by atoms with E-state index < -0.39 is 5.60 Å². The molecule has 0 heterocycles. The minimum atomic E-state index is -0.852. The summed E-state index contributed by atoms with van der Waals surface area (Å²) < 4.78 is 4.81. The molecule has 1 N–H and O–H groups in total. The first-order valence-electron chi connectivity index (χ1n) is 4.46. The van der Waals surface area contributed by atoms with Gasteiger partial charge in [-0.15, -0.1) is 0 Å². The molecule has 0 aliphatic rings. The highest BCUT2D eigenvalue weighted by Crippen LogP contribution is 2.23. The SMILES string of the molecule is CCC(OC=O)C(O)(CC)CC. The first kappa shape index (κ1) is 11.4. The van der Waals surface area contributed by atoms with Crippen LogP contribution >= 0.6 is 0 Å². The summed E-state index contributed by atoms with van der Waals surface area (Å²) in [6, 6.07) is 0. The molecule has 0 rings (SSSR count). The maximum Gasteiger partial charge on any atom is 0.293 e. The van der Waals surface area contributed by atoms with Gasteiger partial charge in [-0.25, -0.2) is 0 Å². The molecule has 72 valence electrons. The van der Waals surface area contributed by atoms with Gasteiger partial charge in [0.2, 0.25) is 0 Å². The van der Waals surface area contributed by atoms with Gasteiger partial charge in [0.1, 0.15) is 11.7 Å². The molecule has 0 saturated heterocycles. The van der Waals surface area contributed by atoms with Crippen LogP contribution in [0.15, 0.2) is 0 Å². The van der Waals surface area contributed by atoms with E-state index in [4.69, 9.17) is 4.74 Å². The molecule has 1 atom stereocenters. The monoisotopic (exact) mass is 174 g/mol. The largest absolute Gasteiger partial charge is 0.462 e. The van der Waals surface area contributed by atoms with Crippen molar-refractivity contribution in [3.63, 3.8) is 0 Å². The fraction of sp³-hybridized carbons (Fsp3) is 0.889. The zero-order chi connectivity index (χ0) is 9.61. The van der Waals surface area contributed by atoms with E-state index in [-0.39, 0.29) is 6.10 Å². The molecule has 1 unspecified atom stereocenters. The molecule has 0 aliphatic carbocycles. The average Bonchev–Trinajstić information content (AvgIpc) is 2.13. The first-order valence-corrected chi connectivity index (χ1v) is 4.46. The molecule has 0 saturated carbocycles. The molecule has 0 amide bonds. The fourth-order valence-electron chi connectivity index (χ4n) is 1.38. The van der Waals surface area contributed by atoms with E-state index in [2.05, 4.69) is 0 Å². The highest BCUT2D eigenvalue weighted by atomic mass is 16.5. The Kier molecular flexibility index (Phi) is 4.90. The summed E-state index contributed by atoms with van der Waals surface area (Å²) in [7, 11) is 0. The summed E-state index contributed by atoms with van der Waals surface area (Å²) >= 11 is 0. The van der Waals surface area contributed by atoms with Gasteiger partial charge in [-0.1, -0.05) is 20.8 Å². The molecule has 3 heteroatoms. The lowest BCUT2D eigenvalue weighted by Gasteiger charge is -2.32. The van der Waals surface area contributed by atoms with Crippen LogP contribution in [0.1, 0.15) is 40.0 Å². The van der Waals surface area contributed by atoms with Gasteiger partial charge >= 0.3 is 0 Å². The Labute approximate surface area is 73.7 Å². The summed E-state index contributed by atoms with van der Waals surface area (Å²) in [5, 5.41) is 9.94. The number of hydrogen-bond donors (Lipinski definition) is 1. The second-order valence-electron chi connectivity index (χ2n) is 2.94. The summed E-state index contributed by atoms with van der Waals surface area (Å²) in [5.41, 5.74) is -0.852. The van der Waals surface area contributed by atoms with Crippen molar-refractivity contribution in [3.8, 4) is 0 Å². The number of aliphatic hydroxyl groups is 1. The van der Waals surface area contributed by atoms with Crippen molar-refractivity contribution in [1.82, 2.24) is 0 Å². The zero-order valence-electron chi connectivity index (χ0n) is 8.04. The minimum Gasteiger partial charge on any atom is -0.462 e. The highest BCUT2D eigenvalue weighted by molar-refractivity contribution is 5.37. The van der Waals surface area contributed by atoms with Gasteiger partial charge in [-0.05, 0) is 19.3 Å². The molecule has 3 nitrogen and oxygen atoms in total. The van der Waals surface area contributed by atoms with Crippen molar-refractivity contribution >= 4 is 6.47 Å². The topological polar surface area (TPSA) is 46.5 Å². The van der Waals surface area contributed by atoms with Crippen LogP contribution in [0, 0.1) is 0 Å². The molecular weight excluding hydrogens is 156 g/mol. The fourth-order valence-corrected chi connectivity index (χ4v) is 1.38. The number of carbonyl (C=O) groups is 1. The third-order valence-electron chi connectivity index (χ3n) is 2.41. The highest BCUT2D eigenvalue weighted by Gasteiger charge is 2.33. The van der Waals surface area contributed by atoms with E-state index in [9.17, 15) is 9.90 Å². The number of ether oxygens (including phenoxy) is 1. The third kappa shape index (κ3) is 2.48. The Balaban J connectivity index is 4.31. The van der Waals surface area contributed by atoms with E-state index in [0.717, 1.165) is 0 Å². The van der Waals surface area contributed by atoms with Crippen molar-refractivity contribution in [1.29, 1.82) is 0 Å². The van der Waals surface area contributed by atoms with Gasteiger partial charge < -0.3 is 9.84 Å². The van der Waals surface area contributed by atoms with Gasteiger partial charge in [0, 0.05) is 0 Å². The summed E-state index contributed by atoms with van der Waals surface area (Å²) in [6.45, 7) is 6.08. The quantitative estimate of drug-likeness (QED) is 0.620. The summed E-state index contributed by atoms with van der Waals surface area (Å²) in [4.78, 5) is 10.1. The predicted octanol–water partition coefficient (Wildman–Crippen LogP) is 1.49. The summed E-state index contributed by atoms with van der Waals surface area (Å²) in [6.07, 6.45) is 1.49. The molecule has 0 bridgehead atoms. The van der Waals surface area contributed by atoms with Crippen LogP contribution in [0.2, 0.25) is 0 Å². The molecule has 0 aliphatic heterocycles. The van der Waals surface area contributed by atoms with Crippen LogP contribution in [0.4, 0.5) is 0 Å². The van der Waals surface area contributed by atoms with Gasteiger partial charge in [0.05, 0.1) is 0 Å². The van der Waals surface area contributed by atoms with E-state index >= 15 is 0 Å². The molecule has 0 spiro atoms. The van der Waals surface area contributed by atoms with Gasteiger partial charge in [0.15, 0.2) is 0 Å². The van der Waals surface area contributed by atoms with Crippen molar-refractivity contribution < 1.29 is 14.6 Å². The van der Waals surface area contributed by atoms with Crippen LogP contribution in [-0.2, 0) is 9.53 Å². The zero-order valence-corrected chi connectivity index (χ0v) is 8.04. The van der Waals surface area contributed by atoms with Gasteiger partial charge in [0.25, 0.3) is 6.47 Å². The molecular formula is C9H18O3. The number of hydrogen-bond acceptors (Lipinski definition) is 3. The van der Waals surface area contributed by atoms with Crippen LogP contribution < -0.4 is 0 Å². The van der Waals surface area contributed by atoms with Crippen molar-refractivity contribution in [3.05, 3.63) is 0 Å². The summed E-state index contributed by atoms with van der Waals surface area (Å²) in [5.74, 6) is 0. The smallest absolute Gasteiger partial charge is 0.293 e. The second kappa shape index (κ2) is 5.14. The Hall–Kier alpha value is -0.570. The maximum atomic E-state index is 10.1. The normalized spacial score (nSPS) is 14.0.